The van der Waals surface area contributed by atoms with Gasteiger partial charge in [0.1, 0.15) is 11.2 Å². The van der Waals surface area contributed by atoms with Gasteiger partial charge in [0.25, 0.3) is 0 Å². The van der Waals surface area contributed by atoms with Crippen molar-refractivity contribution < 1.29 is 55.5 Å². The number of hydrogen-bond donors (Lipinski definition) is 2. The fraction of sp³-hybridized carbons (Fsp3) is 0.581. The van der Waals surface area contributed by atoms with Crippen molar-refractivity contribution >= 4 is 37.9 Å². The van der Waals surface area contributed by atoms with Crippen LogP contribution in [0.3, 0.4) is 0 Å². The van der Waals surface area contributed by atoms with Crippen LogP contribution in [-0.2, 0) is 27.1 Å². The van der Waals surface area contributed by atoms with Crippen LogP contribution in [0.1, 0.15) is 52.1 Å². The average molecular weight is 598 g/mol. The van der Waals surface area contributed by atoms with Crippen LogP contribution in [0.5, 0.6) is 0 Å². The van der Waals surface area contributed by atoms with E-state index in [-0.39, 0.29) is 62.4 Å². The Morgan fingerprint density at radius 2 is 1.30 bits per heavy atom. The molecule has 2 saturated heterocycles. The maximum absolute atomic E-state index is 11.5. The fourth-order valence-electron chi connectivity index (χ4n) is 7.16. The van der Waals surface area contributed by atoms with E-state index in [1.807, 2.05) is 36.4 Å². The van der Waals surface area contributed by atoms with Crippen LogP contribution in [0, 0.1) is 22.7 Å². The number of carbonyl (C=O) groups excluding carboxylic acids is 1. The van der Waals surface area contributed by atoms with E-state index < -0.39 is 5.60 Å². The summed E-state index contributed by atoms with van der Waals surface area (Å²) in [6.45, 7) is 6.08. The van der Waals surface area contributed by atoms with Crippen molar-refractivity contribution in [2.24, 2.45) is 22.7 Å². The Morgan fingerprint density at radius 3 is 1.70 bits per heavy atom. The standard InChI is InChI=1S/C15H19ClO2.C15H17ClO2.CH4O.B.Na.H/c2*1-14-7-6-12(15(14,9-17)18-10-14)8-11-2-4-13(16)5-3-11;1-2;;;/h2-5,12,17H,6-10H2,1H3;2-5,9,12H,6-8,10H2,1H3;2H,1H3;;;/q;;;;+1;-1/t2*12-,14+,15+;;;;/m11..../s1. The first-order valence-electron chi connectivity index (χ1n) is 13.5. The van der Waals surface area contributed by atoms with Crippen molar-refractivity contribution in [2.75, 3.05) is 26.9 Å². The predicted octanol–water partition coefficient (Wildman–Crippen LogP) is 2.67. The van der Waals surface area contributed by atoms with E-state index in [1.165, 1.54) is 11.1 Å². The fourth-order valence-corrected chi connectivity index (χ4v) is 7.42. The number of halogens is 2. The number of hydrogen-bond acceptors (Lipinski definition) is 5. The van der Waals surface area contributed by atoms with Crippen molar-refractivity contribution in [1.29, 1.82) is 0 Å². The Bertz CT molecular complexity index is 1110. The number of aliphatic hydroxyl groups is 2. The molecule has 0 spiro atoms. The molecule has 5 nitrogen and oxygen atoms in total. The van der Waals surface area contributed by atoms with Gasteiger partial charge in [-0.15, -0.1) is 0 Å². The van der Waals surface area contributed by atoms with Crippen LogP contribution >= 0.6 is 23.2 Å². The van der Waals surface area contributed by atoms with Gasteiger partial charge >= 0.3 is 29.6 Å². The normalized spacial score (nSPS) is 34.5. The van der Waals surface area contributed by atoms with E-state index in [2.05, 4.69) is 26.0 Å². The van der Waals surface area contributed by atoms with Gasteiger partial charge in [-0.3, -0.25) is 0 Å². The largest absolute Gasteiger partial charge is 1.00 e. The molecule has 0 unspecified atom stereocenters. The molecule has 2 aromatic rings. The molecule has 2 aliphatic carbocycles. The minimum atomic E-state index is -0.535. The van der Waals surface area contributed by atoms with Gasteiger partial charge in [0.05, 0.1) is 19.8 Å². The van der Waals surface area contributed by atoms with Crippen LogP contribution in [-0.4, -0.2) is 63.0 Å². The minimum Gasteiger partial charge on any atom is -1.00 e. The molecule has 4 aliphatic rings. The Morgan fingerprint density at radius 1 is 0.850 bits per heavy atom. The topological polar surface area (TPSA) is 76.0 Å². The van der Waals surface area contributed by atoms with E-state index in [0.29, 0.717) is 11.8 Å². The quantitative estimate of drug-likeness (QED) is 0.396. The molecular weight excluding hydrogens is 557 g/mol. The van der Waals surface area contributed by atoms with Crippen LogP contribution in [0.25, 0.3) is 0 Å². The first-order chi connectivity index (χ1) is 18.2. The maximum atomic E-state index is 11.5. The molecule has 3 radical (unpaired) electrons. The summed E-state index contributed by atoms with van der Waals surface area (Å²) in [6, 6.07) is 15.9. The molecule has 6 atom stereocenters. The predicted molar refractivity (Wildman–Crippen MR) is 157 cm³/mol. The summed E-state index contributed by atoms with van der Waals surface area (Å²) in [5.41, 5.74) is 1.91. The number of rotatable bonds is 6. The van der Waals surface area contributed by atoms with Gasteiger partial charge in [0.2, 0.25) is 0 Å². The van der Waals surface area contributed by atoms with E-state index in [0.717, 1.165) is 75.2 Å². The van der Waals surface area contributed by atoms with Gasteiger partial charge in [0.15, 0.2) is 6.29 Å². The zero-order valence-electron chi connectivity index (χ0n) is 25.2. The van der Waals surface area contributed by atoms with E-state index in [1.54, 1.807) is 0 Å². The Balaban J connectivity index is 0.000000362. The third kappa shape index (κ3) is 6.27. The zero-order valence-corrected chi connectivity index (χ0v) is 27.7. The molecule has 0 bridgehead atoms. The summed E-state index contributed by atoms with van der Waals surface area (Å²) in [6.07, 6.45) is 7.36. The molecular formula is C31H41BCl2NaO5. The summed E-state index contributed by atoms with van der Waals surface area (Å²) in [4.78, 5) is 11.5. The summed E-state index contributed by atoms with van der Waals surface area (Å²) < 4.78 is 11.5. The van der Waals surface area contributed by atoms with Crippen molar-refractivity contribution in [3.05, 3.63) is 69.7 Å². The first-order valence-corrected chi connectivity index (χ1v) is 14.2. The molecule has 2 heterocycles. The Labute approximate surface area is 274 Å². The van der Waals surface area contributed by atoms with Crippen LogP contribution in [0.4, 0.5) is 0 Å². The second-order valence-corrected chi connectivity index (χ2v) is 12.7. The summed E-state index contributed by atoms with van der Waals surface area (Å²) in [5, 5.41) is 18.3. The van der Waals surface area contributed by atoms with E-state index in [4.69, 9.17) is 37.8 Å². The van der Waals surface area contributed by atoms with Gasteiger partial charge in [-0.2, -0.15) is 0 Å². The van der Waals surface area contributed by atoms with Gasteiger partial charge in [-0.05, 0) is 85.8 Å². The molecule has 0 aromatic heterocycles. The monoisotopic (exact) mass is 597 g/mol. The summed E-state index contributed by atoms with van der Waals surface area (Å²) >= 11 is 11.8. The van der Waals surface area contributed by atoms with Crippen LogP contribution in [0.15, 0.2) is 48.5 Å². The van der Waals surface area contributed by atoms with Gasteiger partial charge in [-0.25, -0.2) is 0 Å². The zero-order chi connectivity index (χ0) is 27.6. The maximum Gasteiger partial charge on any atom is 1.00 e. The third-order valence-corrected chi connectivity index (χ3v) is 10.3. The molecule has 4 fully saturated rings. The number of carbonyl (C=O) groups is 1. The number of fused-ring (bicyclic) bond motifs is 2. The van der Waals surface area contributed by atoms with Crippen molar-refractivity contribution in [1.82, 2.24) is 0 Å². The average Bonchev–Trinajstić information content (AvgIpc) is 3.22. The Hall–Kier alpha value is -0.405. The van der Waals surface area contributed by atoms with Crippen LogP contribution in [0.2, 0.25) is 10.0 Å². The molecule has 2 aliphatic heterocycles. The molecule has 40 heavy (non-hydrogen) atoms. The Kier molecular flexibility index (Phi) is 12.9. The molecule has 9 heteroatoms. The van der Waals surface area contributed by atoms with Crippen molar-refractivity contribution in [3.63, 3.8) is 0 Å². The molecule has 2 saturated carbocycles. The first kappa shape index (κ1) is 35.8. The smallest absolute Gasteiger partial charge is 1.00 e. The number of benzene rings is 2. The van der Waals surface area contributed by atoms with Gasteiger partial charge in [0, 0.05) is 36.4 Å². The van der Waals surface area contributed by atoms with E-state index in [9.17, 15) is 9.90 Å². The van der Waals surface area contributed by atoms with Crippen molar-refractivity contribution in [3.8, 4) is 0 Å². The molecule has 2 aromatic carbocycles. The molecule has 6 rings (SSSR count). The second-order valence-electron chi connectivity index (χ2n) is 11.8. The SMILES string of the molecule is CO.C[C@@]12CC[C@H](Cc3ccc(Cl)cc3)[C@]1(C=O)OC2.C[C@@]12CC[C@H](Cc3ccc(Cl)cc3)[C@]1(CO)OC2.[B].[H-].[Na+]. The third-order valence-electron chi connectivity index (χ3n) is 9.80. The number of aliphatic hydroxyl groups excluding tert-OH is 2. The van der Waals surface area contributed by atoms with Gasteiger partial charge < -0.3 is 25.9 Å². The molecule has 0 amide bonds. The molecule has 213 valence electrons. The number of aldehydes is 1. The van der Waals surface area contributed by atoms with Crippen molar-refractivity contribution in [2.45, 2.75) is 63.6 Å². The number of ether oxygens (including phenoxy) is 2. The van der Waals surface area contributed by atoms with Gasteiger partial charge in [-0.1, -0.05) is 61.3 Å². The van der Waals surface area contributed by atoms with E-state index >= 15 is 0 Å². The minimum absolute atomic E-state index is 0. The molecule has 2 N–H and O–H groups in total. The summed E-state index contributed by atoms with van der Waals surface area (Å²) in [7, 11) is 1.00. The summed E-state index contributed by atoms with van der Waals surface area (Å²) in [5.74, 6) is 0.720. The van der Waals surface area contributed by atoms with Crippen LogP contribution < -0.4 is 29.6 Å². The second kappa shape index (κ2) is 14.4.